The predicted molar refractivity (Wildman–Crippen MR) is 63.3 cm³/mol. The number of hydrogen-bond acceptors (Lipinski definition) is 5. The van der Waals surface area contributed by atoms with Crippen LogP contribution in [0.3, 0.4) is 0 Å². The van der Waals surface area contributed by atoms with Gasteiger partial charge in [-0.15, -0.1) is 0 Å². The number of hydrogen-bond donors (Lipinski definition) is 2. The number of rotatable bonds is 3. The summed E-state index contributed by atoms with van der Waals surface area (Å²) >= 11 is 0. The third-order valence-corrected chi connectivity index (χ3v) is 2.64. The lowest BCUT2D eigenvalue weighted by Crippen LogP contribution is -2.27. The third kappa shape index (κ3) is 3.06. The lowest BCUT2D eigenvalue weighted by atomic mass is 10.1. The maximum absolute atomic E-state index is 5.65. The van der Waals surface area contributed by atoms with E-state index in [9.17, 15) is 0 Å². The van der Waals surface area contributed by atoms with Crippen molar-refractivity contribution >= 4 is 11.6 Å². The van der Waals surface area contributed by atoms with E-state index in [2.05, 4.69) is 15.3 Å². The van der Waals surface area contributed by atoms with Crippen LogP contribution in [0, 0.1) is 6.92 Å². The van der Waals surface area contributed by atoms with Gasteiger partial charge in [-0.1, -0.05) is 0 Å². The Hall–Kier alpha value is -1.36. The summed E-state index contributed by atoms with van der Waals surface area (Å²) in [5, 5.41) is 3.24. The molecule has 5 nitrogen and oxygen atoms in total. The van der Waals surface area contributed by atoms with Crippen molar-refractivity contribution in [3.63, 3.8) is 0 Å². The summed E-state index contributed by atoms with van der Waals surface area (Å²) in [6.45, 7) is 3.49. The van der Waals surface area contributed by atoms with Crippen molar-refractivity contribution in [3.8, 4) is 0 Å². The van der Waals surface area contributed by atoms with Crippen LogP contribution in [0.25, 0.3) is 0 Å². The van der Waals surface area contributed by atoms with E-state index < -0.39 is 0 Å². The van der Waals surface area contributed by atoms with Crippen LogP contribution in [-0.2, 0) is 4.74 Å². The first-order valence-electron chi connectivity index (χ1n) is 5.70. The van der Waals surface area contributed by atoms with Gasteiger partial charge < -0.3 is 15.8 Å². The zero-order chi connectivity index (χ0) is 11.4. The summed E-state index contributed by atoms with van der Waals surface area (Å²) in [4.78, 5) is 8.29. The monoisotopic (exact) mass is 222 g/mol. The van der Waals surface area contributed by atoms with E-state index in [0.717, 1.165) is 25.4 Å². The standard InChI is InChI=1S/C11H18N4O/c1-8-14-10(12)6-11(15-8)13-7-9-4-2-3-5-16-9/h6,9H,2-5,7H2,1H3,(H3,12,13,14,15). The number of aromatic nitrogens is 2. The highest BCUT2D eigenvalue weighted by atomic mass is 16.5. The molecule has 0 radical (unpaired) electrons. The zero-order valence-corrected chi connectivity index (χ0v) is 9.57. The summed E-state index contributed by atoms with van der Waals surface area (Å²) in [6, 6.07) is 1.75. The fourth-order valence-electron chi connectivity index (χ4n) is 1.87. The Labute approximate surface area is 95.4 Å². The first-order chi connectivity index (χ1) is 7.74. The van der Waals surface area contributed by atoms with Gasteiger partial charge in [-0.2, -0.15) is 0 Å². The molecule has 16 heavy (non-hydrogen) atoms. The Balaban J connectivity index is 1.88. The Bertz CT molecular complexity index is 330. The quantitative estimate of drug-likeness (QED) is 0.807. The number of nitrogens with two attached hydrogens (primary N) is 1. The third-order valence-electron chi connectivity index (χ3n) is 2.64. The maximum Gasteiger partial charge on any atom is 0.131 e. The molecule has 0 aliphatic carbocycles. The molecule has 1 atom stereocenters. The number of ether oxygens (including phenoxy) is 1. The second-order valence-corrected chi connectivity index (χ2v) is 4.09. The lowest BCUT2D eigenvalue weighted by molar-refractivity contribution is 0.0247. The van der Waals surface area contributed by atoms with Gasteiger partial charge in [-0.25, -0.2) is 9.97 Å². The van der Waals surface area contributed by atoms with Gasteiger partial charge in [0.25, 0.3) is 0 Å². The maximum atomic E-state index is 5.65. The molecule has 2 rings (SSSR count). The van der Waals surface area contributed by atoms with Crippen LogP contribution in [0.15, 0.2) is 6.07 Å². The van der Waals surface area contributed by atoms with E-state index >= 15 is 0 Å². The summed E-state index contributed by atoms with van der Waals surface area (Å²) in [7, 11) is 0. The van der Waals surface area contributed by atoms with Gasteiger partial charge in [0.2, 0.25) is 0 Å². The fourth-order valence-corrected chi connectivity index (χ4v) is 1.87. The van der Waals surface area contributed by atoms with E-state index in [-0.39, 0.29) is 0 Å². The molecule has 88 valence electrons. The molecule has 1 aliphatic heterocycles. The van der Waals surface area contributed by atoms with Crippen molar-refractivity contribution in [1.82, 2.24) is 9.97 Å². The molecule has 2 heterocycles. The average Bonchev–Trinajstić information content (AvgIpc) is 2.27. The minimum Gasteiger partial charge on any atom is -0.384 e. The van der Waals surface area contributed by atoms with E-state index in [4.69, 9.17) is 10.5 Å². The van der Waals surface area contributed by atoms with Crippen molar-refractivity contribution in [2.24, 2.45) is 0 Å². The van der Waals surface area contributed by atoms with Gasteiger partial charge in [0.1, 0.15) is 17.5 Å². The first kappa shape index (κ1) is 11.1. The summed E-state index contributed by atoms with van der Waals surface area (Å²) in [5.41, 5.74) is 5.65. The largest absolute Gasteiger partial charge is 0.384 e. The molecule has 0 amide bonds. The minimum atomic E-state index is 0.297. The van der Waals surface area contributed by atoms with Crippen LogP contribution in [0.4, 0.5) is 11.6 Å². The molecule has 1 saturated heterocycles. The lowest BCUT2D eigenvalue weighted by Gasteiger charge is -2.22. The van der Waals surface area contributed by atoms with Crippen molar-refractivity contribution in [2.75, 3.05) is 24.2 Å². The smallest absolute Gasteiger partial charge is 0.131 e. The molecular formula is C11H18N4O. The molecule has 3 N–H and O–H groups in total. The van der Waals surface area contributed by atoms with Gasteiger partial charge in [-0.3, -0.25) is 0 Å². The van der Waals surface area contributed by atoms with E-state index in [1.54, 1.807) is 6.07 Å². The number of anilines is 2. The Kier molecular flexibility index (Phi) is 3.56. The number of aryl methyl sites for hydroxylation is 1. The second-order valence-electron chi connectivity index (χ2n) is 4.09. The highest BCUT2D eigenvalue weighted by molar-refractivity contribution is 5.44. The van der Waals surface area contributed by atoms with Gasteiger partial charge in [-0.05, 0) is 26.2 Å². The SMILES string of the molecule is Cc1nc(N)cc(NCC2CCCCO2)n1. The highest BCUT2D eigenvalue weighted by Crippen LogP contribution is 2.14. The van der Waals surface area contributed by atoms with Crippen molar-refractivity contribution in [1.29, 1.82) is 0 Å². The molecule has 1 unspecified atom stereocenters. The molecule has 5 heteroatoms. The Morgan fingerprint density at radius 2 is 2.38 bits per heavy atom. The molecule has 1 aromatic heterocycles. The Morgan fingerprint density at radius 1 is 1.50 bits per heavy atom. The Morgan fingerprint density at radius 3 is 3.06 bits per heavy atom. The first-order valence-corrected chi connectivity index (χ1v) is 5.70. The van der Waals surface area contributed by atoms with Crippen LogP contribution >= 0.6 is 0 Å². The molecule has 0 saturated carbocycles. The molecule has 1 fully saturated rings. The highest BCUT2D eigenvalue weighted by Gasteiger charge is 2.13. The van der Waals surface area contributed by atoms with Gasteiger partial charge in [0.05, 0.1) is 6.10 Å². The van der Waals surface area contributed by atoms with Crippen LogP contribution in [0.1, 0.15) is 25.1 Å². The molecule has 1 aromatic rings. The molecule has 0 bridgehead atoms. The summed E-state index contributed by atoms with van der Waals surface area (Å²) in [6.07, 6.45) is 3.84. The van der Waals surface area contributed by atoms with Crippen LogP contribution in [0.2, 0.25) is 0 Å². The van der Waals surface area contributed by atoms with Crippen LogP contribution in [-0.4, -0.2) is 29.2 Å². The van der Waals surface area contributed by atoms with Crippen LogP contribution in [0.5, 0.6) is 0 Å². The van der Waals surface area contributed by atoms with Crippen LogP contribution < -0.4 is 11.1 Å². The second kappa shape index (κ2) is 5.12. The van der Waals surface area contributed by atoms with Crippen molar-refractivity contribution < 1.29 is 4.74 Å². The van der Waals surface area contributed by atoms with Gasteiger partial charge >= 0.3 is 0 Å². The zero-order valence-electron chi connectivity index (χ0n) is 9.57. The van der Waals surface area contributed by atoms with E-state index in [1.165, 1.54) is 12.8 Å². The van der Waals surface area contributed by atoms with E-state index in [0.29, 0.717) is 17.7 Å². The normalized spacial score (nSPS) is 20.7. The van der Waals surface area contributed by atoms with Crippen molar-refractivity contribution in [2.45, 2.75) is 32.3 Å². The fraction of sp³-hybridized carbons (Fsp3) is 0.636. The number of nitrogens with zero attached hydrogens (tertiary/aromatic N) is 2. The number of nitrogens with one attached hydrogen (secondary N) is 1. The summed E-state index contributed by atoms with van der Waals surface area (Å²) < 4.78 is 5.62. The van der Waals surface area contributed by atoms with E-state index in [1.807, 2.05) is 6.92 Å². The molecule has 0 spiro atoms. The van der Waals surface area contributed by atoms with Gasteiger partial charge in [0, 0.05) is 19.2 Å². The van der Waals surface area contributed by atoms with Crippen molar-refractivity contribution in [3.05, 3.63) is 11.9 Å². The average molecular weight is 222 g/mol. The van der Waals surface area contributed by atoms with Gasteiger partial charge in [0.15, 0.2) is 0 Å². The minimum absolute atomic E-state index is 0.297. The topological polar surface area (TPSA) is 73.1 Å². The number of nitrogen functional groups attached to an aromatic ring is 1. The predicted octanol–water partition coefficient (Wildman–Crippen LogP) is 1.35. The molecule has 1 aliphatic rings. The molecule has 0 aromatic carbocycles. The molecular weight excluding hydrogens is 204 g/mol. The summed E-state index contributed by atoms with van der Waals surface area (Å²) in [5.74, 6) is 1.96.